The normalized spacial score (nSPS) is 13.8. The Morgan fingerprint density at radius 1 is 0.912 bits per heavy atom. The number of amides is 1. The van der Waals surface area contributed by atoms with E-state index in [2.05, 4.69) is 20.3 Å². The van der Waals surface area contributed by atoms with Crippen LogP contribution >= 0.6 is 0 Å². The fraction of sp³-hybridized carbons (Fsp3) is 0.167. The van der Waals surface area contributed by atoms with Gasteiger partial charge in [0.25, 0.3) is 0 Å². The number of allylic oxidation sites excluding steroid dienone is 3. The van der Waals surface area contributed by atoms with Crippen LogP contribution in [0.3, 0.4) is 0 Å². The Hall–Kier alpha value is -4.21. The summed E-state index contributed by atoms with van der Waals surface area (Å²) < 4.78 is 39.9. The number of carbonyl (C=O) groups is 1. The van der Waals surface area contributed by atoms with E-state index in [4.69, 9.17) is 0 Å². The average Bonchev–Trinajstić information content (AvgIpc) is 2.78. The summed E-state index contributed by atoms with van der Waals surface area (Å²) in [6, 6.07) is 9.12. The molecule has 1 aromatic heterocycles. The van der Waals surface area contributed by atoms with Crippen molar-refractivity contribution in [2.45, 2.75) is 25.9 Å². The number of nitrogens with zero attached hydrogens (tertiary/aromatic N) is 3. The highest BCUT2D eigenvalue weighted by Gasteiger charge is 2.31. The van der Waals surface area contributed by atoms with Crippen molar-refractivity contribution in [3.8, 4) is 28.5 Å². The van der Waals surface area contributed by atoms with Crippen LogP contribution < -0.4 is 5.32 Å². The molecule has 4 rings (SSSR count). The topological polar surface area (TPSA) is 108 Å². The molecule has 10 heteroatoms. The number of halogens is 3. The van der Waals surface area contributed by atoms with Crippen LogP contribution in [0.4, 0.5) is 18.9 Å². The van der Waals surface area contributed by atoms with Gasteiger partial charge >= 0.3 is 6.18 Å². The van der Waals surface area contributed by atoms with Crippen LogP contribution in [0, 0.1) is 0 Å². The zero-order valence-electron chi connectivity index (χ0n) is 17.9. The van der Waals surface area contributed by atoms with Crippen molar-refractivity contribution in [3.05, 3.63) is 71.8 Å². The molecule has 0 radical (unpaired) electrons. The summed E-state index contributed by atoms with van der Waals surface area (Å²) in [6.07, 6.45) is -0.0146. The van der Waals surface area contributed by atoms with E-state index in [0.29, 0.717) is 18.4 Å². The molecule has 0 bridgehead atoms. The molecule has 0 aliphatic heterocycles. The SMILES string of the molecule is CC(=O)Nc1cc(C(F)(F)F)ccc1-c1nc(C2=CCCC=C2O)nc(-c2ccccc2O)n1. The van der Waals surface area contributed by atoms with E-state index < -0.39 is 17.6 Å². The van der Waals surface area contributed by atoms with Gasteiger partial charge in [-0.05, 0) is 49.2 Å². The van der Waals surface area contributed by atoms with Gasteiger partial charge < -0.3 is 15.5 Å². The minimum atomic E-state index is -4.62. The molecule has 3 aromatic rings. The molecule has 0 fully saturated rings. The van der Waals surface area contributed by atoms with Crippen LogP contribution in [0.2, 0.25) is 0 Å². The number of carbonyl (C=O) groups excluding carboxylic acids is 1. The quantitative estimate of drug-likeness (QED) is 0.466. The number of hydrogen-bond donors (Lipinski definition) is 3. The minimum Gasteiger partial charge on any atom is -0.508 e. The maximum atomic E-state index is 13.3. The molecule has 174 valence electrons. The number of phenolic OH excluding ortho intramolecular Hbond substituents is 1. The van der Waals surface area contributed by atoms with Crippen LogP contribution in [-0.4, -0.2) is 31.1 Å². The standard InChI is InChI=1S/C24H19F3N4O3/c1-13(32)28-18-12-14(24(25,26)27)10-11-15(18)21-29-22(16-6-2-4-8-19(16)33)31-23(30-21)17-7-3-5-9-20(17)34/h2,4,6-12,33-34H,3,5H2,1H3,(H,28,32). The van der Waals surface area contributed by atoms with E-state index in [9.17, 15) is 28.2 Å². The molecule has 34 heavy (non-hydrogen) atoms. The lowest BCUT2D eigenvalue weighted by Crippen LogP contribution is -2.12. The van der Waals surface area contributed by atoms with E-state index in [1.807, 2.05) is 0 Å². The van der Waals surface area contributed by atoms with Crippen molar-refractivity contribution < 1.29 is 28.2 Å². The van der Waals surface area contributed by atoms with Gasteiger partial charge in [-0.3, -0.25) is 4.79 Å². The Labute approximate surface area is 192 Å². The number of aliphatic hydroxyl groups excluding tert-OH is 1. The van der Waals surface area contributed by atoms with Crippen LogP contribution in [-0.2, 0) is 11.0 Å². The number of anilines is 1. The predicted molar refractivity (Wildman–Crippen MR) is 120 cm³/mol. The summed E-state index contributed by atoms with van der Waals surface area (Å²) in [4.78, 5) is 24.9. The van der Waals surface area contributed by atoms with Gasteiger partial charge in [0, 0.05) is 12.5 Å². The third-order valence-corrected chi connectivity index (χ3v) is 5.05. The van der Waals surface area contributed by atoms with Gasteiger partial charge in [0.15, 0.2) is 17.5 Å². The predicted octanol–water partition coefficient (Wildman–Crippen LogP) is 5.51. The first-order valence-corrected chi connectivity index (χ1v) is 10.3. The van der Waals surface area contributed by atoms with E-state index in [0.717, 1.165) is 18.2 Å². The zero-order chi connectivity index (χ0) is 24.5. The molecule has 0 unspecified atom stereocenters. The van der Waals surface area contributed by atoms with Crippen molar-refractivity contribution in [3.63, 3.8) is 0 Å². The summed E-state index contributed by atoms with van der Waals surface area (Å²) in [7, 11) is 0. The second-order valence-electron chi connectivity index (χ2n) is 7.55. The summed E-state index contributed by atoms with van der Waals surface area (Å²) >= 11 is 0. The van der Waals surface area contributed by atoms with Crippen LogP contribution in [0.25, 0.3) is 28.3 Å². The zero-order valence-corrected chi connectivity index (χ0v) is 17.9. The number of nitrogens with one attached hydrogen (secondary N) is 1. The maximum absolute atomic E-state index is 13.3. The summed E-state index contributed by atoms with van der Waals surface area (Å²) in [5.41, 5.74) is -0.380. The Morgan fingerprint density at radius 2 is 1.56 bits per heavy atom. The number of aromatic hydroxyl groups is 1. The van der Waals surface area contributed by atoms with Crippen LogP contribution in [0.5, 0.6) is 5.75 Å². The van der Waals surface area contributed by atoms with Crippen molar-refractivity contribution in [1.82, 2.24) is 15.0 Å². The molecule has 0 spiro atoms. The maximum Gasteiger partial charge on any atom is 0.416 e. The second-order valence-corrected chi connectivity index (χ2v) is 7.55. The lowest BCUT2D eigenvalue weighted by molar-refractivity contribution is -0.137. The van der Waals surface area contributed by atoms with Crippen LogP contribution in [0.1, 0.15) is 31.2 Å². The first-order valence-electron chi connectivity index (χ1n) is 10.3. The summed E-state index contributed by atoms with van der Waals surface area (Å²) in [6.45, 7) is 1.17. The van der Waals surface area contributed by atoms with E-state index >= 15 is 0 Å². The molecular formula is C24H19F3N4O3. The highest BCUT2D eigenvalue weighted by Crippen LogP contribution is 2.37. The molecule has 0 saturated carbocycles. The number of benzene rings is 2. The largest absolute Gasteiger partial charge is 0.508 e. The smallest absolute Gasteiger partial charge is 0.416 e. The fourth-order valence-electron chi connectivity index (χ4n) is 3.48. The monoisotopic (exact) mass is 468 g/mol. The average molecular weight is 468 g/mol. The highest BCUT2D eigenvalue weighted by atomic mass is 19.4. The van der Waals surface area contributed by atoms with Gasteiger partial charge in [-0.2, -0.15) is 13.2 Å². The molecule has 1 aliphatic rings. The van der Waals surface area contributed by atoms with Gasteiger partial charge in [-0.25, -0.2) is 15.0 Å². The molecule has 2 aromatic carbocycles. The van der Waals surface area contributed by atoms with Gasteiger partial charge in [-0.15, -0.1) is 0 Å². The molecule has 3 N–H and O–H groups in total. The first kappa shape index (κ1) is 23.0. The number of hydrogen-bond acceptors (Lipinski definition) is 6. The highest BCUT2D eigenvalue weighted by molar-refractivity contribution is 5.93. The van der Waals surface area contributed by atoms with Crippen LogP contribution in [0.15, 0.2) is 60.4 Å². The molecule has 0 atom stereocenters. The minimum absolute atomic E-state index is 0.0406. The summed E-state index contributed by atoms with van der Waals surface area (Å²) in [5.74, 6) is -0.651. The van der Waals surface area contributed by atoms with E-state index in [1.165, 1.54) is 13.0 Å². The lowest BCUT2D eigenvalue weighted by Gasteiger charge is -2.16. The van der Waals surface area contributed by atoms with E-state index in [1.54, 1.807) is 30.4 Å². The van der Waals surface area contributed by atoms with Crippen molar-refractivity contribution in [2.75, 3.05) is 5.32 Å². The molecular weight excluding hydrogens is 449 g/mol. The van der Waals surface area contributed by atoms with E-state index in [-0.39, 0.29) is 45.8 Å². The third-order valence-electron chi connectivity index (χ3n) is 5.05. The van der Waals surface area contributed by atoms with Crippen molar-refractivity contribution >= 4 is 17.2 Å². The number of para-hydroxylation sites is 1. The van der Waals surface area contributed by atoms with Crippen molar-refractivity contribution in [2.24, 2.45) is 0 Å². The molecule has 1 amide bonds. The molecule has 1 aliphatic carbocycles. The Balaban J connectivity index is 1.96. The second kappa shape index (κ2) is 8.97. The van der Waals surface area contributed by atoms with Gasteiger partial charge in [0.1, 0.15) is 11.5 Å². The lowest BCUT2D eigenvalue weighted by atomic mass is 10.0. The Morgan fingerprint density at radius 3 is 2.21 bits per heavy atom. The molecule has 7 nitrogen and oxygen atoms in total. The number of phenols is 1. The third kappa shape index (κ3) is 4.75. The Bertz CT molecular complexity index is 1330. The summed E-state index contributed by atoms with van der Waals surface area (Å²) in [5, 5.41) is 23.1. The molecule has 1 heterocycles. The number of rotatable bonds is 4. The number of aromatic nitrogens is 3. The first-order chi connectivity index (χ1) is 16.1. The van der Waals surface area contributed by atoms with Gasteiger partial charge in [0.2, 0.25) is 5.91 Å². The van der Waals surface area contributed by atoms with Crippen molar-refractivity contribution in [1.29, 1.82) is 0 Å². The van der Waals surface area contributed by atoms with Gasteiger partial charge in [0.05, 0.1) is 22.4 Å². The Kier molecular flexibility index (Phi) is 6.06. The fourth-order valence-corrected chi connectivity index (χ4v) is 3.48. The molecule has 0 saturated heterocycles. The number of alkyl halides is 3. The van der Waals surface area contributed by atoms with Gasteiger partial charge in [-0.1, -0.05) is 18.2 Å². The number of aliphatic hydroxyl groups is 1.